The summed E-state index contributed by atoms with van der Waals surface area (Å²) in [6.07, 6.45) is 2.44. The van der Waals surface area contributed by atoms with Crippen molar-refractivity contribution in [2.24, 2.45) is 0 Å². The van der Waals surface area contributed by atoms with Crippen LogP contribution in [-0.2, 0) is 11.2 Å². The number of amides is 2. The van der Waals surface area contributed by atoms with Crippen molar-refractivity contribution in [3.63, 3.8) is 0 Å². The van der Waals surface area contributed by atoms with Crippen LogP contribution in [0, 0.1) is 6.92 Å². The van der Waals surface area contributed by atoms with Gasteiger partial charge in [-0.05, 0) is 43.5 Å². The van der Waals surface area contributed by atoms with Gasteiger partial charge >= 0.3 is 0 Å². The molecule has 4 N–H and O–H groups in total. The molecule has 1 unspecified atom stereocenters. The topological polar surface area (TPSA) is 94.2 Å². The molecule has 0 bridgehead atoms. The fourth-order valence-corrected chi connectivity index (χ4v) is 4.76. The minimum absolute atomic E-state index is 0.221. The van der Waals surface area contributed by atoms with Gasteiger partial charge in [0.2, 0.25) is 0 Å². The summed E-state index contributed by atoms with van der Waals surface area (Å²) in [5.74, 6) is -0.697. The lowest BCUT2D eigenvalue weighted by molar-refractivity contribution is -0.128. The van der Waals surface area contributed by atoms with Crippen LogP contribution >= 0.6 is 11.3 Å². The largest absolute Gasteiger partial charge is 0.379 e. The summed E-state index contributed by atoms with van der Waals surface area (Å²) in [7, 11) is 0. The normalized spacial score (nSPS) is 19.4. The molecule has 0 aliphatic heterocycles. The third-order valence-electron chi connectivity index (χ3n) is 5.16. The lowest BCUT2D eigenvalue weighted by atomic mass is 10.1. The standard InChI is InChI=1S/C22H23N3O3S/c1-3-6-18(26)22(28)24-16-10-13-7-4-5-8-14(13)20(16)25-21(27)17-11-19-15(23-17)9-12(2)29-19/h3-9,11,16,18,20,23,26H,10H2,1-2H3,(H,24,28)(H,25,27)/b6-3+/t16-,18?,20-/m1/s1. The first-order chi connectivity index (χ1) is 14.0. The number of benzene rings is 1. The zero-order chi connectivity index (χ0) is 20.5. The molecule has 2 amide bonds. The summed E-state index contributed by atoms with van der Waals surface area (Å²) in [6.45, 7) is 3.77. The number of aliphatic hydroxyl groups excluding tert-OH is 1. The van der Waals surface area contributed by atoms with Gasteiger partial charge in [-0.1, -0.05) is 36.4 Å². The highest BCUT2D eigenvalue weighted by Crippen LogP contribution is 2.32. The lowest BCUT2D eigenvalue weighted by Crippen LogP contribution is -2.47. The Morgan fingerprint density at radius 3 is 2.83 bits per heavy atom. The van der Waals surface area contributed by atoms with Gasteiger partial charge in [0.15, 0.2) is 6.10 Å². The molecule has 1 aromatic carbocycles. The van der Waals surface area contributed by atoms with E-state index in [1.807, 2.05) is 43.3 Å². The van der Waals surface area contributed by atoms with Crippen LogP contribution in [0.1, 0.15) is 39.5 Å². The van der Waals surface area contributed by atoms with Crippen molar-refractivity contribution in [3.05, 3.63) is 70.2 Å². The number of hydrogen-bond acceptors (Lipinski definition) is 4. The fourth-order valence-electron chi connectivity index (χ4n) is 3.84. The number of rotatable bonds is 5. The number of aliphatic hydroxyl groups is 1. The Morgan fingerprint density at radius 2 is 2.07 bits per heavy atom. The number of thiophene rings is 1. The van der Waals surface area contributed by atoms with Crippen LogP contribution in [0.2, 0.25) is 0 Å². The Labute approximate surface area is 172 Å². The highest BCUT2D eigenvalue weighted by atomic mass is 32.1. The number of aromatic nitrogens is 1. The van der Waals surface area contributed by atoms with Crippen molar-refractivity contribution in [1.29, 1.82) is 0 Å². The number of fused-ring (bicyclic) bond motifs is 2. The summed E-state index contributed by atoms with van der Waals surface area (Å²) in [6, 6.07) is 11.0. The second kappa shape index (κ2) is 7.85. The molecular weight excluding hydrogens is 386 g/mol. The van der Waals surface area contributed by atoms with Gasteiger partial charge in [0.25, 0.3) is 11.8 Å². The molecule has 0 fully saturated rings. The molecule has 3 atom stereocenters. The zero-order valence-corrected chi connectivity index (χ0v) is 17.0. The summed E-state index contributed by atoms with van der Waals surface area (Å²) in [5, 5.41) is 15.9. The van der Waals surface area contributed by atoms with Crippen molar-refractivity contribution >= 4 is 33.4 Å². The predicted molar refractivity (Wildman–Crippen MR) is 114 cm³/mol. The van der Waals surface area contributed by atoms with Gasteiger partial charge in [-0.25, -0.2) is 0 Å². The van der Waals surface area contributed by atoms with Crippen LogP contribution in [0.3, 0.4) is 0 Å². The average molecular weight is 410 g/mol. The molecule has 7 heteroatoms. The molecule has 0 spiro atoms. The maximum absolute atomic E-state index is 12.9. The van der Waals surface area contributed by atoms with Crippen LogP contribution in [-0.4, -0.2) is 34.1 Å². The molecule has 0 radical (unpaired) electrons. The maximum Gasteiger partial charge on any atom is 0.268 e. The average Bonchev–Trinajstić information content (AvgIpc) is 3.33. The van der Waals surface area contributed by atoms with E-state index < -0.39 is 12.0 Å². The van der Waals surface area contributed by atoms with Crippen LogP contribution in [0.5, 0.6) is 0 Å². The zero-order valence-electron chi connectivity index (χ0n) is 16.2. The van der Waals surface area contributed by atoms with Gasteiger partial charge in [-0.2, -0.15) is 0 Å². The van der Waals surface area contributed by atoms with E-state index in [-0.39, 0.29) is 18.0 Å². The van der Waals surface area contributed by atoms with Crippen molar-refractivity contribution in [3.8, 4) is 0 Å². The van der Waals surface area contributed by atoms with Gasteiger partial charge in [0, 0.05) is 4.88 Å². The van der Waals surface area contributed by atoms with Crippen LogP contribution in [0.4, 0.5) is 0 Å². The first-order valence-electron chi connectivity index (χ1n) is 9.55. The number of carbonyl (C=O) groups is 2. The number of allylic oxidation sites excluding steroid dienone is 1. The number of H-pyrrole nitrogens is 1. The molecule has 2 heterocycles. The third kappa shape index (κ3) is 3.83. The monoisotopic (exact) mass is 409 g/mol. The molecule has 0 saturated heterocycles. The molecule has 6 nitrogen and oxygen atoms in total. The third-order valence-corrected chi connectivity index (χ3v) is 6.16. The van der Waals surface area contributed by atoms with Crippen molar-refractivity contribution in [2.75, 3.05) is 0 Å². The summed E-state index contributed by atoms with van der Waals surface area (Å²) >= 11 is 1.64. The quantitative estimate of drug-likeness (QED) is 0.488. The Kier molecular flexibility index (Phi) is 5.25. The Bertz CT molecular complexity index is 1070. The summed E-state index contributed by atoms with van der Waals surface area (Å²) < 4.78 is 1.04. The van der Waals surface area contributed by atoms with Gasteiger partial charge in [0.05, 0.1) is 22.3 Å². The highest BCUT2D eigenvalue weighted by Gasteiger charge is 2.35. The molecule has 29 heavy (non-hydrogen) atoms. The predicted octanol–water partition coefficient (Wildman–Crippen LogP) is 2.99. The number of aromatic amines is 1. The SMILES string of the molecule is C/C=C/C(O)C(=O)N[C@@H]1Cc2ccccc2[C@H]1NC(=O)c1cc2sc(C)cc2[nH]1. The van der Waals surface area contributed by atoms with Gasteiger partial charge in [0.1, 0.15) is 5.69 Å². The molecule has 1 aliphatic carbocycles. The van der Waals surface area contributed by atoms with Gasteiger partial charge in [-0.15, -0.1) is 11.3 Å². The minimum atomic E-state index is -1.21. The molecule has 4 rings (SSSR count). The van der Waals surface area contributed by atoms with E-state index in [2.05, 4.69) is 15.6 Å². The molecule has 2 aromatic heterocycles. The van der Waals surface area contributed by atoms with E-state index in [4.69, 9.17) is 0 Å². The number of carbonyl (C=O) groups excluding carboxylic acids is 2. The summed E-state index contributed by atoms with van der Waals surface area (Å²) in [4.78, 5) is 29.6. The van der Waals surface area contributed by atoms with Crippen molar-refractivity contribution in [2.45, 2.75) is 38.5 Å². The molecular formula is C22H23N3O3S. The minimum Gasteiger partial charge on any atom is -0.379 e. The van der Waals surface area contributed by atoms with E-state index >= 15 is 0 Å². The Morgan fingerprint density at radius 1 is 1.28 bits per heavy atom. The van der Waals surface area contributed by atoms with Crippen LogP contribution in [0.15, 0.2) is 48.6 Å². The van der Waals surface area contributed by atoms with Crippen LogP contribution in [0.25, 0.3) is 10.2 Å². The first-order valence-corrected chi connectivity index (χ1v) is 10.4. The fraction of sp³-hybridized carbons (Fsp3) is 0.273. The Hall–Kier alpha value is -2.90. The molecule has 1 aliphatic rings. The number of hydrogen-bond donors (Lipinski definition) is 4. The number of nitrogens with one attached hydrogen (secondary N) is 3. The highest BCUT2D eigenvalue weighted by molar-refractivity contribution is 7.19. The van der Waals surface area contributed by atoms with E-state index in [9.17, 15) is 14.7 Å². The molecule has 150 valence electrons. The Balaban J connectivity index is 1.56. The second-order valence-electron chi connectivity index (χ2n) is 7.26. The smallest absolute Gasteiger partial charge is 0.268 e. The van der Waals surface area contributed by atoms with E-state index in [1.165, 1.54) is 11.0 Å². The summed E-state index contributed by atoms with van der Waals surface area (Å²) in [5.41, 5.74) is 3.50. The second-order valence-corrected chi connectivity index (χ2v) is 8.55. The van der Waals surface area contributed by atoms with E-state index in [0.717, 1.165) is 21.3 Å². The van der Waals surface area contributed by atoms with Crippen molar-refractivity contribution in [1.82, 2.24) is 15.6 Å². The molecule has 3 aromatic rings. The van der Waals surface area contributed by atoms with Crippen LogP contribution < -0.4 is 10.6 Å². The van der Waals surface area contributed by atoms with Crippen molar-refractivity contribution < 1.29 is 14.7 Å². The van der Waals surface area contributed by atoms with Gasteiger partial charge < -0.3 is 20.7 Å². The van der Waals surface area contributed by atoms with E-state index in [1.54, 1.807) is 24.3 Å². The van der Waals surface area contributed by atoms with Gasteiger partial charge in [-0.3, -0.25) is 9.59 Å². The maximum atomic E-state index is 12.9. The molecule has 0 saturated carbocycles. The first kappa shape index (κ1) is 19.4. The lowest BCUT2D eigenvalue weighted by Gasteiger charge is -2.23. The van der Waals surface area contributed by atoms with E-state index in [0.29, 0.717) is 12.1 Å². The number of aryl methyl sites for hydroxylation is 1.